The van der Waals surface area contributed by atoms with Gasteiger partial charge in [-0.25, -0.2) is 0 Å². The lowest BCUT2D eigenvalue weighted by Gasteiger charge is -2.09. The van der Waals surface area contributed by atoms with Gasteiger partial charge in [-0.1, -0.05) is 13.8 Å². The second-order valence-electron chi connectivity index (χ2n) is 3.60. The Morgan fingerprint density at radius 1 is 1.12 bits per heavy atom. The molecule has 5 heteroatoms. The summed E-state index contributed by atoms with van der Waals surface area (Å²) in [5.74, 6) is -0.679. The third-order valence-corrected chi connectivity index (χ3v) is 2.65. The normalized spacial score (nSPS) is 10.0. The van der Waals surface area contributed by atoms with Crippen LogP contribution in [0.5, 0.6) is 0 Å². The first-order valence-corrected chi connectivity index (χ1v) is 5.94. The highest BCUT2D eigenvalue weighted by atomic mass is 127. The maximum atomic E-state index is 11.6. The molecule has 0 saturated heterocycles. The molecule has 16 heavy (non-hydrogen) atoms. The molecule has 0 atom stereocenters. The van der Waals surface area contributed by atoms with Crippen molar-refractivity contribution in [3.63, 3.8) is 0 Å². The summed E-state index contributed by atoms with van der Waals surface area (Å²) in [6, 6.07) is 7.08. The van der Waals surface area contributed by atoms with Gasteiger partial charge in [-0.3, -0.25) is 20.4 Å². The summed E-state index contributed by atoms with van der Waals surface area (Å²) in [5, 5.41) is 0. The van der Waals surface area contributed by atoms with E-state index in [9.17, 15) is 9.59 Å². The van der Waals surface area contributed by atoms with Crippen LogP contribution in [-0.4, -0.2) is 11.8 Å². The highest BCUT2D eigenvalue weighted by molar-refractivity contribution is 14.1. The molecule has 0 heterocycles. The lowest BCUT2D eigenvalue weighted by molar-refractivity contribution is -0.124. The lowest BCUT2D eigenvalue weighted by Crippen LogP contribution is -2.43. The summed E-state index contributed by atoms with van der Waals surface area (Å²) in [7, 11) is 0. The average Bonchev–Trinajstić information content (AvgIpc) is 2.26. The third kappa shape index (κ3) is 3.80. The molecule has 0 radical (unpaired) electrons. The van der Waals surface area contributed by atoms with Crippen LogP contribution in [0.4, 0.5) is 0 Å². The standard InChI is InChI=1S/C11H13IN2O2/c1-7(2)10(15)13-14-11(16)8-3-5-9(12)6-4-8/h3-7H,1-2H3,(H,13,15)(H,14,16). The van der Waals surface area contributed by atoms with Crippen molar-refractivity contribution in [2.75, 3.05) is 0 Å². The van der Waals surface area contributed by atoms with Crippen molar-refractivity contribution in [2.45, 2.75) is 13.8 Å². The smallest absolute Gasteiger partial charge is 0.269 e. The number of nitrogens with one attached hydrogen (secondary N) is 2. The highest BCUT2D eigenvalue weighted by Crippen LogP contribution is 2.06. The van der Waals surface area contributed by atoms with Gasteiger partial charge in [0, 0.05) is 15.1 Å². The van der Waals surface area contributed by atoms with Gasteiger partial charge in [-0.05, 0) is 46.9 Å². The van der Waals surface area contributed by atoms with Crippen LogP contribution in [-0.2, 0) is 4.79 Å². The predicted molar refractivity (Wildman–Crippen MR) is 69.6 cm³/mol. The van der Waals surface area contributed by atoms with Gasteiger partial charge >= 0.3 is 0 Å². The summed E-state index contributed by atoms with van der Waals surface area (Å²) in [6.07, 6.45) is 0. The summed E-state index contributed by atoms with van der Waals surface area (Å²) in [4.78, 5) is 22.8. The van der Waals surface area contributed by atoms with Crippen molar-refractivity contribution in [1.29, 1.82) is 0 Å². The first kappa shape index (κ1) is 13.0. The number of carbonyl (C=O) groups is 2. The molecule has 0 aliphatic rings. The Morgan fingerprint density at radius 2 is 1.69 bits per heavy atom. The topological polar surface area (TPSA) is 58.2 Å². The highest BCUT2D eigenvalue weighted by Gasteiger charge is 2.09. The number of amides is 2. The average molecular weight is 332 g/mol. The van der Waals surface area contributed by atoms with Crippen molar-refractivity contribution in [2.24, 2.45) is 5.92 Å². The van der Waals surface area contributed by atoms with Gasteiger partial charge in [-0.15, -0.1) is 0 Å². The zero-order chi connectivity index (χ0) is 12.1. The van der Waals surface area contributed by atoms with Crippen LogP contribution in [0.15, 0.2) is 24.3 Å². The number of carbonyl (C=O) groups excluding carboxylic acids is 2. The fraction of sp³-hybridized carbons (Fsp3) is 0.273. The van der Waals surface area contributed by atoms with Crippen LogP contribution in [0.2, 0.25) is 0 Å². The molecule has 4 nitrogen and oxygen atoms in total. The van der Waals surface area contributed by atoms with Gasteiger partial charge < -0.3 is 0 Å². The fourth-order valence-electron chi connectivity index (χ4n) is 0.936. The van der Waals surface area contributed by atoms with E-state index in [-0.39, 0.29) is 17.7 Å². The number of hydrogen-bond acceptors (Lipinski definition) is 2. The summed E-state index contributed by atoms with van der Waals surface area (Å²) < 4.78 is 1.06. The van der Waals surface area contributed by atoms with Gasteiger partial charge in [0.2, 0.25) is 5.91 Å². The predicted octanol–water partition coefficient (Wildman–Crippen LogP) is 1.71. The Morgan fingerprint density at radius 3 is 2.19 bits per heavy atom. The van der Waals surface area contributed by atoms with E-state index in [0.29, 0.717) is 5.56 Å². The van der Waals surface area contributed by atoms with E-state index in [4.69, 9.17) is 0 Å². The van der Waals surface area contributed by atoms with E-state index in [0.717, 1.165) is 3.57 Å². The third-order valence-electron chi connectivity index (χ3n) is 1.93. The number of halogens is 1. The number of hydrazine groups is 1. The van der Waals surface area contributed by atoms with Crippen LogP contribution in [0.3, 0.4) is 0 Å². The maximum Gasteiger partial charge on any atom is 0.269 e. The Labute approximate surface area is 108 Å². The molecule has 1 aromatic rings. The zero-order valence-corrected chi connectivity index (χ0v) is 11.2. The first-order chi connectivity index (χ1) is 7.50. The minimum absolute atomic E-state index is 0.156. The molecule has 0 unspecified atom stereocenters. The van der Waals surface area contributed by atoms with E-state index < -0.39 is 0 Å². The monoisotopic (exact) mass is 332 g/mol. The van der Waals surface area contributed by atoms with Crippen molar-refractivity contribution >= 4 is 34.4 Å². The molecule has 1 aromatic carbocycles. The minimum Gasteiger partial charge on any atom is -0.273 e. The second-order valence-corrected chi connectivity index (χ2v) is 4.85. The molecule has 2 amide bonds. The zero-order valence-electron chi connectivity index (χ0n) is 9.08. The van der Waals surface area contributed by atoms with Crippen molar-refractivity contribution < 1.29 is 9.59 Å². The number of benzene rings is 1. The van der Waals surface area contributed by atoms with Crippen LogP contribution < -0.4 is 10.9 Å². The van der Waals surface area contributed by atoms with Crippen LogP contribution in [0.25, 0.3) is 0 Å². The molecule has 0 aliphatic heterocycles. The Balaban J connectivity index is 2.53. The van der Waals surface area contributed by atoms with E-state index in [2.05, 4.69) is 33.4 Å². The SMILES string of the molecule is CC(C)C(=O)NNC(=O)c1ccc(I)cc1. The maximum absolute atomic E-state index is 11.6. The molecule has 0 aliphatic carbocycles. The minimum atomic E-state index is -0.314. The van der Waals surface area contributed by atoms with Gasteiger partial charge in [0.15, 0.2) is 0 Å². The Hall–Kier alpha value is -1.11. The van der Waals surface area contributed by atoms with Gasteiger partial charge in [0.1, 0.15) is 0 Å². The molecular weight excluding hydrogens is 319 g/mol. The largest absolute Gasteiger partial charge is 0.273 e. The number of hydrogen-bond donors (Lipinski definition) is 2. The quantitative estimate of drug-likeness (QED) is 0.640. The van der Waals surface area contributed by atoms with E-state index >= 15 is 0 Å². The first-order valence-electron chi connectivity index (χ1n) is 4.86. The van der Waals surface area contributed by atoms with Crippen molar-refractivity contribution in [3.8, 4) is 0 Å². The number of rotatable bonds is 2. The van der Waals surface area contributed by atoms with E-state index in [1.807, 2.05) is 12.1 Å². The molecule has 0 saturated carbocycles. The molecule has 1 rings (SSSR count). The summed E-state index contributed by atoms with van der Waals surface area (Å²) in [6.45, 7) is 3.51. The molecule has 86 valence electrons. The van der Waals surface area contributed by atoms with E-state index in [1.54, 1.807) is 26.0 Å². The molecule has 0 aromatic heterocycles. The van der Waals surface area contributed by atoms with E-state index in [1.165, 1.54) is 0 Å². The van der Waals surface area contributed by atoms with Gasteiger partial charge in [0.25, 0.3) is 5.91 Å². The lowest BCUT2D eigenvalue weighted by atomic mass is 10.2. The Kier molecular flexibility index (Phi) is 4.72. The second kappa shape index (κ2) is 5.83. The molecule has 0 fully saturated rings. The molecule has 2 N–H and O–H groups in total. The summed E-state index contributed by atoms with van der Waals surface area (Å²) in [5.41, 5.74) is 5.23. The molecule has 0 spiro atoms. The van der Waals surface area contributed by atoms with Crippen molar-refractivity contribution in [3.05, 3.63) is 33.4 Å². The van der Waals surface area contributed by atoms with Gasteiger partial charge in [-0.2, -0.15) is 0 Å². The van der Waals surface area contributed by atoms with Crippen LogP contribution in [0, 0.1) is 9.49 Å². The van der Waals surface area contributed by atoms with Crippen LogP contribution in [0.1, 0.15) is 24.2 Å². The van der Waals surface area contributed by atoms with Crippen molar-refractivity contribution in [1.82, 2.24) is 10.9 Å². The Bertz CT molecular complexity index is 387. The van der Waals surface area contributed by atoms with Gasteiger partial charge in [0.05, 0.1) is 0 Å². The molecular formula is C11H13IN2O2. The van der Waals surface area contributed by atoms with Crippen LogP contribution >= 0.6 is 22.6 Å². The molecule has 0 bridgehead atoms. The fourth-order valence-corrected chi connectivity index (χ4v) is 1.30. The summed E-state index contributed by atoms with van der Waals surface area (Å²) >= 11 is 2.16.